The average molecular weight is 511 g/mol. The Morgan fingerprint density at radius 1 is 0.605 bits per heavy atom. The van der Waals surface area contributed by atoms with E-state index >= 15 is 0 Å². The molecule has 0 saturated carbocycles. The Hall–Kier alpha value is -5.71. The summed E-state index contributed by atoms with van der Waals surface area (Å²) in [5.41, 5.74) is 1.90. The normalized spacial score (nSPS) is 10.1. The van der Waals surface area contributed by atoms with Crippen LogP contribution in [0.15, 0.2) is 98.1 Å². The molecule has 0 radical (unpaired) electrons. The van der Waals surface area contributed by atoms with Crippen LogP contribution in [-0.4, -0.2) is 32.0 Å². The number of esters is 2. The Bertz CT molecular complexity index is 1370. The third-order valence-electron chi connectivity index (χ3n) is 4.75. The monoisotopic (exact) mass is 510 g/mol. The molecule has 0 saturated heterocycles. The van der Waals surface area contributed by atoms with Crippen LogP contribution in [0.5, 0.6) is 17.2 Å². The van der Waals surface area contributed by atoms with Crippen LogP contribution in [0, 0.1) is 0 Å². The third kappa shape index (κ3) is 7.15. The number of ether oxygens (including phenoxy) is 2. The van der Waals surface area contributed by atoms with E-state index in [-0.39, 0.29) is 23.6 Å². The molecule has 38 heavy (non-hydrogen) atoms. The standard InChI is InChI=1S/C27H22N6O5/c1-3-23(35)37-21-13-7-18(8-14-21)29-26-31-25(28-17-5-11-20(34)12-6-17)32-27(33-26)30-19-9-15-22(16-10-19)38-24(36)4-2/h3-16,34H,1-2H2,(H3,28,29,30,31,32,33). The number of aromatic nitrogens is 3. The minimum Gasteiger partial charge on any atom is -0.508 e. The Morgan fingerprint density at radius 3 is 1.24 bits per heavy atom. The predicted molar refractivity (Wildman–Crippen MR) is 142 cm³/mol. The molecule has 190 valence electrons. The zero-order valence-electron chi connectivity index (χ0n) is 19.9. The number of phenolic OH excluding ortho intramolecular Hbond substituents is 1. The predicted octanol–water partition coefficient (Wildman–Crippen LogP) is 4.99. The SMILES string of the molecule is C=CC(=O)Oc1ccc(Nc2nc(Nc3ccc(O)cc3)nc(Nc3ccc(OC(=O)C=C)cc3)n2)cc1. The van der Waals surface area contributed by atoms with Gasteiger partial charge in [0.1, 0.15) is 17.2 Å². The fraction of sp³-hybridized carbons (Fsp3) is 0. The first-order valence-electron chi connectivity index (χ1n) is 11.1. The number of nitrogens with one attached hydrogen (secondary N) is 3. The number of carbonyl (C=O) groups is 2. The molecule has 0 amide bonds. The molecule has 4 N–H and O–H groups in total. The van der Waals surface area contributed by atoms with Crippen molar-refractivity contribution in [2.75, 3.05) is 16.0 Å². The molecule has 4 aromatic rings. The van der Waals surface area contributed by atoms with Gasteiger partial charge in [-0.05, 0) is 72.8 Å². The lowest BCUT2D eigenvalue weighted by molar-refractivity contribution is -0.129. The molecule has 0 fully saturated rings. The van der Waals surface area contributed by atoms with Gasteiger partial charge in [-0.1, -0.05) is 13.2 Å². The highest BCUT2D eigenvalue weighted by atomic mass is 16.5. The van der Waals surface area contributed by atoms with Gasteiger partial charge < -0.3 is 30.5 Å². The van der Waals surface area contributed by atoms with Gasteiger partial charge in [0.2, 0.25) is 17.8 Å². The van der Waals surface area contributed by atoms with Crippen molar-refractivity contribution in [1.82, 2.24) is 15.0 Å². The molecule has 11 heteroatoms. The number of hydrogen-bond acceptors (Lipinski definition) is 11. The number of hydrogen-bond donors (Lipinski definition) is 4. The van der Waals surface area contributed by atoms with E-state index in [1.165, 1.54) is 12.1 Å². The van der Waals surface area contributed by atoms with Crippen LogP contribution >= 0.6 is 0 Å². The van der Waals surface area contributed by atoms with E-state index in [0.717, 1.165) is 12.2 Å². The largest absolute Gasteiger partial charge is 0.508 e. The molecule has 3 aromatic carbocycles. The second-order valence-electron chi connectivity index (χ2n) is 7.53. The zero-order valence-corrected chi connectivity index (χ0v) is 19.9. The molecule has 0 spiro atoms. The smallest absolute Gasteiger partial charge is 0.335 e. The van der Waals surface area contributed by atoms with Crippen molar-refractivity contribution in [1.29, 1.82) is 0 Å². The first kappa shape index (κ1) is 25.4. The molecule has 0 unspecified atom stereocenters. The van der Waals surface area contributed by atoms with Gasteiger partial charge in [0.15, 0.2) is 0 Å². The molecule has 0 bridgehead atoms. The summed E-state index contributed by atoms with van der Waals surface area (Å²) >= 11 is 0. The lowest BCUT2D eigenvalue weighted by Crippen LogP contribution is -2.07. The molecule has 1 heterocycles. The van der Waals surface area contributed by atoms with Gasteiger partial charge in [0.25, 0.3) is 0 Å². The summed E-state index contributed by atoms with van der Waals surface area (Å²) < 4.78 is 10.2. The van der Waals surface area contributed by atoms with E-state index in [0.29, 0.717) is 28.6 Å². The fourth-order valence-corrected chi connectivity index (χ4v) is 3.00. The maximum atomic E-state index is 11.4. The van der Waals surface area contributed by atoms with Gasteiger partial charge in [0, 0.05) is 29.2 Å². The van der Waals surface area contributed by atoms with Crippen molar-refractivity contribution < 1.29 is 24.2 Å². The lowest BCUT2D eigenvalue weighted by atomic mass is 10.3. The quantitative estimate of drug-likeness (QED) is 0.0989. The number of anilines is 6. The van der Waals surface area contributed by atoms with Crippen LogP contribution in [0.1, 0.15) is 0 Å². The molecular formula is C27H22N6O5. The van der Waals surface area contributed by atoms with Crippen LogP contribution < -0.4 is 25.4 Å². The van der Waals surface area contributed by atoms with Crippen molar-refractivity contribution in [2.24, 2.45) is 0 Å². The van der Waals surface area contributed by atoms with Crippen LogP contribution in [0.25, 0.3) is 0 Å². The zero-order chi connectivity index (χ0) is 26.9. The third-order valence-corrected chi connectivity index (χ3v) is 4.75. The summed E-state index contributed by atoms with van der Waals surface area (Å²) in [6, 6.07) is 19.6. The van der Waals surface area contributed by atoms with Gasteiger partial charge in [-0.15, -0.1) is 0 Å². The minimum atomic E-state index is -0.560. The van der Waals surface area contributed by atoms with Crippen LogP contribution in [-0.2, 0) is 9.59 Å². The van der Waals surface area contributed by atoms with Crippen molar-refractivity contribution in [3.63, 3.8) is 0 Å². The minimum absolute atomic E-state index is 0.125. The van der Waals surface area contributed by atoms with Crippen LogP contribution in [0.2, 0.25) is 0 Å². The molecular weight excluding hydrogens is 488 g/mol. The molecule has 0 aliphatic carbocycles. The van der Waals surface area contributed by atoms with E-state index in [1.807, 2.05) is 0 Å². The second kappa shape index (κ2) is 11.8. The maximum Gasteiger partial charge on any atom is 0.335 e. The number of benzene rings is 3. The summed E-state index contributed by atoms with van der Waals surface area (Å²) in [5, 5.41) is 18.8. The highest BCUT2D eigenvalue weighted by molar-refractivity contribution is 5.84. The Labute approximate surface area is 217 Å². The summed E-state index contributed by atoms with van der Waals surface area (Å²) in [5.74, 6) is 0.383. The Morgan fingerprint density at radius 2 is 0.921 bits per heavy atom. The molecule has 1 aromatic heterocycles. The number of phenols is 1. The van der Waals surface area contributed by atoms with E-state index in [9.17, 15) is 14.7 Å². The van der Waals surface area contributed by atoms with Crippen molar-refractivity contribution in [3.05, 3.63) is 98.1 Å². The van der Waals surface area contributed by atoms with Crippen LogP contribution in [0.4, 0.5) is 34.9 Å². The Kier molecular flexibility index (Phi) is 7.89. The highest BCUT2D eigenvalue weighted by Crippen LogP contribution is 2.24. The van der Waals surface area contributed by atoms with Gasteiger partial charge in [0.05, 0.1) is 0 Å². The van der Waals surface area contributed by atoms with Gasteiger partial charge in [-0.25, -0.2) is 9.59 Å². The first-order chi connectivity index (χ1) is 18.4. The lowest BCUT2D eigenvalue weighted by Gasteiger charge is -2.12. The summed E-state index contributed by atoms with van der Waals surface area (Å²) in [4.78, 5) is 36.0. The van der Waals surface area contributed by atoms with Crippen molar-refractivity contribution >= 4 is 46.8 Å². The molecule has 11 nitrogen and oxygen atoms in total. The molecule has 0 aliphatic rings. The highest BCUT2D eigenvalue weighted by Gasteiger charge is 2.10. The number of carbonyl (C=O) groups excluding carboxylic acids is 2. The Balaban J connectivity index is 1.57. The maximum absolute atomic E-state index is 11.4. The van der Waals surface area contributed by atoms with Crippen LogP contribution in [0.3, 0.4) is 0 Å². The fourth-order valence-electron chi connectivity index (χ4n) is 3.00. The first-order valence-corrected chi connectivity index (χ1v) is 11.1. The average Bonchev–Trinajstić information content (AvgIpc) is 2.92. The van der Waals surface area contributed by atoms with E-state index in [4.69, 9.17) is 9.47 Å². The summed E-state index contributed by atoms with van der Waals surface area (Å²) in [6.45, 7) is 6.75. The van der Waals surface area contributed by atoms with E-state index in [2.05, 4.69) is 44.1 Å². The van der Waals surface area contributed by atoms with Gasteiger partial charge in [-0.3, -0.25) is 0 Å². The number of nitrogens with zero attached hydrogens (tertiary/aromatic N) is 3. The number of rotatable bonds is 10. The number of aromatic hydroxyl groups is 1. The van der Waals surface area contributed by atoms with E-state index < -0.39 is 11.9 Å². The van der Waals surface area contributed by atoms with Gasteiger partial charge >= 0.3 is 11.9 Å². The van der Waals surface area contributed by atoms with Crippen molar-refractivity contribution in [2.45, 2.75) is 0 Å². The van der Waals surface area contributed by atoms with Crippen molar-refractivity contribution in [3.8, 4) is 17.2 Å². The summed E-state index contributed by atoms with van der Waals surface area (Å²) in [6.07, 6.45) is 2.16. The van der Waals surface area contributed by atoms with Gasteiger partial charge in [-0.2, -0.15) is 15.0 Å². The summed E-state index contributed by atoms with van der Waals surface area (Å²) in [7, 11) is 0. The molecule has 0 aliphatic heterocycles. The van der Waals surface area contributed by atoms with E-state index in [1.54, 1.807) is 60.7 Å². The molecule has 4 rings (SSSR count). The molecule has 0 atom stereocenters. The topological polar surface area (TPSA) is 148 Å². The second-order valence-corrected chi connectivity index (χ2v) is 7.53.